The van der Waals surface area contributed by atoms with Crippen molar-refractivity contribution in [2.75, 3.05) is 11.1 Å². The molecule has 0 bridgehead atoms. The molecule has 4 aromatic rings. The quantitative estimate of drug-likeness (QED) is 0.236. The van der Waals surface area contributed by atoms with E-state index in [4.69, 9.17) is 5.73 Å². The van der Waals surface area contributed by atoms with Crippen LogP contribution in [-0.2, 0) is 17.8 Å². The van der Waals surface area contributed by atoms with Crippen LogP contribution in [0.1, 0.15) is 64.2 Å². The first kappa shape index (κ1) is 26.9. The number of aliphatic carboxylic acids is 1. The van der Waals surface area contributed by atoms with Gasteiger partial charge in [-0.25, -0.2) is 4.39 Å². The van der Waals surface area contributed by atoms with Gasteiger partial charge in [0.25, 0.3) is 5.56 Å². The monoisotopic (exact) mass is 539 g/mol. The van der Waals surface area contributed by atoms with Crippen molar-refractivity contribution >= 4 is 23.3 Å². The average Bonchev–Trinajstić information content (AvgIpc) is 3.48. The van der Waals surface area contributed by atoms with Crippen LogP contribution in [-0.4, -0.2) is 21.4 Å². The summed E-state index contributed by atoms with van der Waals surface area (Å²) >= 11 is 0. The number of aromatic nitrogens is 1. The van der Waals surface area contributed by atoms with Gasteiger partial charge in [-0.2, -0.15) is 0 Å². The predicted molar refractivity (Wildman–Crippen MR) is 153 cm³/mol. The van der Waals surface area contributed by atoms with Gasteiger partial charge in [0.1, 0.15) is 11.6 Å². The second-order valence-electron chi connectivity index (χ2n) is 10.1. The number of carboxylic acid groups (broad SMARTS) is 1. The molecule has 1 fully saturated rings. The number of benzene rings is 3. The summed E-state index contributed by atoms with van der Waals surface area (Å²) in [4.78, 5) is 37.3. The van der Waals surface area contributed by atoms with E-state index < -0.39 is 17.6 Å². The zero-order chi connectivity index (χ0) is 28.2. The van der Waals surface area contributed by atoms with Gasteiger partial charge in [-0.15, -0.1) is 0 Å². The first-order chi connectivity index (χ1) is 19.3. The molecule has 0 amide bonds. The van der Waals surface area contributed by atoms with Gasteiger partial charge < -0.3 is 16.2 Å². The standard InChI is InChI=1S/C32H30FN3O4/c33-24-12-10-22(11-13-24)31(40)27-16-17-28(37)36(32(27)34)25-14-8-20(9-15-25)19-35-30-23(18-29(38)39)6-3-7-26(30)21-4-1-2-5-21/h3,6-17,21,35H,1-2,4-5,18-19,34H2,(H,38,39). The Morgan fingerprint density at radius 3 is 2.33 bits per heavy atom. The van der Waals surface area contributed by atoms with Gasteiger partial charge in [0, 0.05) is 23.9 Å². The highest BCUT2D eigenvalue weighted by molar-refractivity contribution is 6.11. The molecule has 0 spiro atoms. The van der Waals surface area contributed by atoms with Crippen LogP contribution in [0.3, 0.4) is 0 Å². The topological polar surface area (TPSA) is 114 Å². The Balaban J connectivity index is 1.39. The Labute approximate surface area is 231 Å². The summed E-state index contributed by atoms with van der Waals surface area (Å²) in [7, 11) is 0. The zero-order valence-electron chi connectivity index (χ0n) is 21.9. The number of hydrogen-bond acceptors (Lipinski definition) is 5. The zero-order valence-corrected chi connectivity index (χ0v) is 21.9. The Morgan fingerprint density at radius 1 is 0.950 bits per heavy atom. The maximum atomic E-state index is 13.3. The van der Waals surface area contributed by atoms with Crippen molar-refractivity contribution in [2.24, 2.45) is 0 Å². The van der Waals surface area contributed by atoms with Crippen molar-refractivity contribution in [3.8, 4) is 5.69 Å². The lowest BCUT2D eigenvalue weighted by atomic mass is 9.92. The molecule has 0 unspecified atom stereocenters. The van der Waals surface area contributed by atoms with E-state index in [0.717, 1.165) is 35.2 Å². The van der Waals surface area contributed by atoms with Gasteiger partial charge in [0.2, 0.25) is 0 Å². The molecule has 1 aliphatic carbocycles. The third-order valence-electron chi connectivity index (χ3n) is 7.46. The number of carboxylic acids is 1. The molecule has 1 aliphatic rings. The third kappa shape index (κ3) is 5.66. The highest BCUT2D eigenvalue weighted by Crippen LogP contribution is 2.39. The molecule has 4 N–H and O–H groups in total. The van der Waals surface area contributed by atoms with E-state index >= 15 is 0 Å². The summed E-state index contributed by atoms with van der Waals surface area (Å²) < 4.78 is 14.6. The lowest BCUT2D eigenvalue weighted by molar-refractivity contribution is -0.136. The number of nitrogens with one attached hydrogen (secondary N) is 1. The molecule has 0 aliphatic heterocycles. The van der Waals surface area contributed by atoms with Crippen LogP contribution >= 0.6 is 0 Å². The van der Waals surface area contributed by atoms with Gasteiger partial charge in [-0.3, -0.25) is 19.0 Å². The minimum atomic E-state index is -0.876. The second-order valence-corrected chi connectivity index (χ2v) is 10.1. The fraction of sp³-hybridized carbons (Fsp3) is 0.219. The van der Waals surface area contributed by atoms with E-state index in [2.05, 4.69) is 11.4 Å². The number of carbonyl (C=O) groups is 2. The van der Waals surface area contributed by atoms with Crippen molar-refractivity contribution in [2.45, 2.75) is 44.6 Å². The number of nitrogen functional groups attached to an aromatic ring is 1. The molecule has 5 rings (SSSR count). The number of nitrogens with two attached hydrogens (primary N) is 1. The van der Waals surface area contributed by atoms with Crippen LogP contribution in [0.2, 0.25) is 0 Å². The highest BCUT2D eigenvalue weighted by atomic mass is 19.1. The number of carbonyl (C=O) groups excluding carboxylic acids is 1. The van der Waals surface area contributed by atoms with Crippen molar-refractivity contribution < 1.29 is 19.1 Å². The Kier molecular flexibility index (Phi) is 7.77. The van der Waals surface area contributed by atoms with Crippen LogP contribution in [0.15, 0.2) is 83.7 Å². The van der Waals surface area contributed by atoms with Gasteiger partial charge in [-0.1, -0.05) is 43.2 Å². The lowest BCUT2D eigenvalue weighted by Gasteiger charge is -2.20. The molecular weight excluding hydrogens is 509 g/mol. The van der Waals surface area contributed by atoms with Gasteiger partial charge in [0.15, 0.2) is 5.78 Å². The molecule has 1 heterocycles. The first-order valence-corrected chi connectivity index (χ1v) is 13.3. The summed E-state index contributed by atoms with van der Waals surface area (Å²) in [5, 5.41) is 12.9. The summed E-state index contributed by atoms with van der Waals surface area (Å²) in [6.07, 6.45) is 4.48. The summed E-state index contributed by atoms with van der Waals surface area (Å²) in [5.74, 6) is -1.33. The van der Waals surface area contributed by atoms with Crippen LogP contribution in [0, 0.1) is 5.82 Å². The van der Waals surface area contributed by atoms with Crippen LogP contribution in [0.25, 0.3) is 5.69 Å². The summed E-state index contributed by atoms with van der Waals surface area (Å²) in [5.41, 5.74) is 10.5. The van der Waals surface area contributed by atoms with E-state index in [9.17, 15) is 23.9 Å². The van der Waals surface area contributed by atoms with Crippen molar-refractivity contribution in [3.05, 3.63) is 123 Å². The van der Waals surface area contributed by atoms with Crippen molar-refractivity contribution in [1.82, 2.24) is 4.57 Å². The molecule has 0 saturated heterocycles. The molecule has 0 radical (unpaired) electrons. The number of hydrogen-bond donors (Lipinski definition) is 3. The average molecular weight is 540 g/mol. The van der Waals surface area contributed by atoms with E-state index in [-0.39, 0.29) is 28.9 Å². The minimum Gasteiger partial charge on any atom is -0.481 e. The fourth-order valence-electron chi connectivity index (χ4n) is 5.44. The lowest BCUT2D eigenvalue weighted by Crippen LogP contribution is -2.23. The molecular formula is C32H30FN3O4. The van der Waals surface area contributed by atoms with Crippen molar-refractivity contribution in [1.29, 1.82) is 0 Å². The smallest absolute Gasteiger partial charge is 0.307 e. The molecule has 0 atom stereocenters. The predicted octanol–water partition coefficient (Wildman–Crippen LogP) is 5.69. The number of halogens is 1. The fourth-order valence-corrected chi connectivity index (χ4v) is 5.44. The number of ketones is 1. The van der Waals surface area contributed by atoms with E-state index in [1.165, 1.54) is 53.8 Å². The Morgan fingerprint density at radius 2 is 1.65 bits per heavy atom. The second kappa shape index (κ2) is 11.6. The number of anilines is 2. The van der Waals surface area contributed by atoms with E-state index in [1.807, 2.05) is 24.3 Å². The number of rotatable bonds is 9. The van der Waals surface area contributed by atoms with E-state index in [1.54, 1.807) is 12.1 Å². The molecule has 7 nitrogen and oxygen atoms in total. The maximum absolute atomic E-state index is 13.3. The van der Waals surface area contributed by atoms with Crippen LogP contribution in [0.5, 0.6) is 0 Å². The summed E-state index contributed by atoms with van der Waals surface area (Å²) in [6.45, 7) is 0.462. The van der Waals surface area contributed by atoms with Gasteiger partial charge in [0.05, 0.1) is 17.7 Å². The largest absolute Gasteiger partial charge is 0.481 e. The molecule has 1 saturated carbocycles. The SMILES string of the molecule is Nc1c(C(=O)c2ccc(F)cc2)ccc(=O)n1-c1ccc(CNc2c(CC(=O)O)cccc2C2CCCC2)cc1. The normalized spacial score (nSPS) is 13.3. The van der Waals surface area contributed by atoms with Crippen molar-refractivity contribution in [3.63, 3.8) is 0 Å². The Hall–Kier alpha value is -4.72. The number of pyridine rings is 1. The molecule has 204 valence electrons. The number of nitrogens with zero attached hydrogens (tertiary/aromatic N) is 1. The summed E-state index contributed by atoms with van der Waals surface area (Å²) in [6, 6.07) is 20.9. The molecule has 1 aromatic heterocycles. The number of para-hydroxylation sites is 1. The highest BCUT2D eigenvalue weighted by Gasteiger charge is 2.22. The molecule has 8 heteroatoms. The first-order valence-electron chi connectivity index (χ1n) is 13.3. The van der Waals surface area contributed by atoms with Gasteiger partial charge >= 0.3 is 5.97 Å². The van der Waals surface area contributed by atoms with Crippen LogP contribution in [0.4, 0.5) is 15.9 Å². The van der Waals surface area contributed by atoms with Crippen LogP contribution < -0.4 is 16.6 Å². The Bertz CT molecular complexity index is 1610. The molecule has 3 aromatic carbocycles. The molecule has 40 heavy (non-hydrogen) atoms. The minimum absolute atomic E-state index is 0.00324. The third-order valence-corrected chi connectivity index (χ3v) is 7.46. The maximum Gasteiger partial charge on any atom is 0.307 e. The van der Waals surface area contributed by atoms with Gasteiger partial charge in [-0.05, 0) is 77.9 Å². The van der Waals surface area contributed by atoms with E-state index in [0.29, 0.717) is 18.2 Å².